The van der Waals surface area contributed by atoms with Crippen LogP contribution in [-0.2, 0) is 0 Å². The van der Waals surface area contributed by atoms with Crippen molar-refractivity contribution in [3.05, 3.63) is 0 Å². The van der Waals surface area contributed by atoms with Crippen molar-refractivity contribution in [3.8, 4) is 0 Å². The predicted octanol–water partition coefficient (Wildman–Crippen LogP) is 0.622. The maximum absolute atomic E-state index is 3.42. The van der Waals surface area contributed by atoms with Gasteiger partial charge in [0.15, 0.2) is 0 Å². The molecule has 0 aromatic carbocycles. The molecule has 0 bridgehead atoms. The molecule has 14 heavy (non-hydrogen) atoms. The first-order valence-corrected chi connectivity index (χ1v) is 5.95. The first kappa shape index (κ1) is 12.0. The van der Waals surface area contributed by atoms with Crippen molar-refractivity contribution < 1.29 is 0 Å². The fraction of sp³-hybridized carbons (Fsp3) is 1.00. The van der Waals surface area contributed by atoms with E-state index in [1.807, 2.05) is 0 Å². The standard InChI is InChI=1S/C11H25N3/c1-4-13(5-2)8-9-14-7-6-12-10-11(14)3/h11-12H,4-10H2,1-3H3. The van der Waals surface area contributed by atoms with Crippen molar-refractivity contribution in [1.29, 1.82) is 0 Å². The lowest BCUT2D eigenvalue weighted by Gasteiger charge is -2.35. The van der Waals surface area contributed by atoms with Gasteiger partial charge in [-0.15, -0.1) is 0 Å². The molecular weight excluding hydrogens is 174 g/mol. The number of piperazine rings is 1. The highest BCUT2D eigenvalue weighted by atomic mass is 15.2. The van der Waals surface area contributed by atoms with Gasteiger partial charge in [0.1, 0.15) is 0 Å². The summed E-state index contributed by atoms with van der Waals surface area (Å²) in [5.74, 6) is 0. The molecule has 1 fully saturated rings. The normalized spacial score (nSPS) is 24.4. The Morgan fingerprint density at radius 2 is 2.07 bits per heavy atom. The third-order valence-corrected chi connectivity index (χ3v) is 3.24. The lowest BCUT2D eigenvalue weighted by molar-refractivity contribution is 0.149. The zero-order valence-corrected chi connectivity index (χ0v) is 9.92. The lowest BCUT2D eigenvalue weighted by atomic mass is 10.2. The van der Waals surface area contributed by atoms with Crippen LogP contribution in [0.5, 0.6) is 0 Å². The van der Waals surface area contributed by atoms with Crippen LogP contribution in [0.15, 0.2) is 0 Å². The van der Waals surface area contributed by atoms with Crippen molar-refractivity contribution >= 4 is 0 Å². The van der Waals surface area contributed by atoms with Crippen molar-refractivity contribution in [2.45, 2.75) is 26.8 Å². The van der Waals surface area contributed by atoms with Gasteiger partial charge in [-0.05, 0) is 20.0 Å². The van der Waals surface area contributed by atoms with E-state index in [4.69, 9.17) is 0 Å². The third-order valence-electron chi connectivity index (χ3n) is 3.24. The number of likely N-dealkylation sites (N-methyl/N-ethyl adjacent to an activating group) is 1. The second-order valence-electron chi connectivity index (χ2n) is 4.12. The van der Waals surface area contributed by atoms with Crippen LogP contribution < -0.4 is 5.32 Å². The summed E-state index contributed by atoms with van der Waals surface area (Å²) >= 11 is 0. The Balaban J connectivity index is 2.21. The number of rotatable bonds is 5. The minimum Gasteiger partial charge on any atom is -0.314 e. The summed E-state index contributed by atoms with van der Waals surface area (Å²) in [5, 5.41) is 3.42. The molecule has 1 heterocycles. The molecule has 0 amide bonds. The minimum absolute atomic E-state index is 0.708. The summed E-state index contributed by atoms with van der Waals surface area (Å²) in [6, 6.07) is 0.708. The van der Waals surface area contributed by atoms with Gasteiger partial charge in [0, 0.05) is 38.8 Å². The van der Waals surface area contributed by atoms with Crippen molar-refractivity contribution in [3.63, 3.8) is 0 Å². The maximum Gasteiger partial charge on any atom is 0.0193 e. The summed E-state index contributed by atoms with van der Waals surface area (Å²) in [4.78, 5) is 5.09. The molecule has 0 saturated carbocycles. The highest BCUT2D eigenvalue weighted by Crippen LogP contribution is 2.02. The van der Waals surface area contributed by atoms with Gasteiger partial charge in [-0.2, -0.15) is 0 Å². The fourth-order valence-corrected chi connectivity index (χ4v) is 2.02. The second kappa shape index (κ2) is 6.38. The lowest BCUT2D eigenvalue weighted by Crippen LogP contribution is -2.51. The quantitative estimate of drug-likeness (QED) is 0.700. The predicted molar refractivity (Wildman–Crippen MR) is 61.7 cm³/mol. The Hall–Kier alpha value is -0.120. The van der Waals surface area contributed by atoms with Crippen molar-refractivity contribution in [2.24, 2.45) is 0 Å². The van der Waals surface area contributed by atoms with E-state index in [-0.39, 0.29) is 0 Å². The van der Waals surface area contributed by atoms with E-state index in [1.165, 1.54) is 32.7 Å². The van der Waals surface area contributed by atoms with Gasteiger partial charge in [0.2, 0.25) is 0 Å². The zero-order chi connectivity index (χ0) is 10.4. The molecular formula is C11H25N3. The molecule has 1 saturated heterocycles. The van der Waals surface area contributed by atoms with E-state index in [1.54, 1.807) is 0 Å². The van der Waals surface area contributed by atoms with Crippen LogP contribution in [0.3, 0.4) is 0 Å². The van der Waals surface area contributed by atoms with Gasteiger partial charge in [-0.25, -0.2) is 0 Å². The highest BCUT2D eigenvalue weighted by molar-refractivity contribution is 4.76. The zero-order valence-electron chi connectivity index (χ0n) is 9.92. The van der Waals surface area contributed by atoms with E-state index in [2.05, 4.69) is 35.9 Å². The molecule has 0 aromatic rings. The second-order valence-corrected chi connectivity index (χ2v) is 4.12. The van der Waals surface area contributed by atoms with Crippen LogP contribution in [0, 0.1) is 0 Å². The van der Waals surface area contributed by atoms with E-state index in [0.717, 1.165) is 13.1 Å². The van der Waals surface area contributed by atoms with Crippen LogP contribution >= 0.6 is 0 Å². The van der Waals surface area contributed by atoms with E-state index in [9.17, 15) is 0 Å². The Labute approximate surface area is 88.5 Å². The van der Waals surface area contributed by atoms with E-state index < -0.39 is 0 Å². The smallest absolute Gasteiger partial charge is 0.0193 e. The average molecular weight is 199 g/mol. The van der Waals surface area contributed by atoms with Gasteiger partial charge >= 0.3 is 0 Å². The molecule has 1 rings (SSSR count). The fourth-order valence-electron chi connectivity index (χ4n) is 2.02. The summed E-state index contributed by atoms with van der Waals surface area (Å²) in [6.07, 6.45) is 0. The maximum atomic E-state index is 3.42. The number of hydrogen-bond acceptors (Lipinski definition) is 3. The summed E-state index contributed by atoms with van der Waals surface area (Å²) in [7, 11) is 0. The summed E-state index contributed by atoms with van der Waals surface area (Å²) < 4.78 is 0. The first-order valence-electron chi connectivity index (χ1n) is 5.95. The van der Waals surface area contributed by atoms with E-state index in [0.29, 0.717) is 6.04 Å². The van der Waals surface area contributed by atoms with Crippen molar-refractivity contribution in [2.75, 3.05) is 45.8 Å². The Morgan fingerprint density at radius 3 is 2.64 bits per heavy atom. The molecule has 1 aliphatic rings. The molecule has 0 radical (unpaired) electrons. The molecule has 1 N–H and O–H groups in total. The van der Waals surface area contributed by atoms with Gasteiger partial charge in [0.25, 0.3) is 0 Å². The van der Waals surface area contributed by atoms with Crippen LogP contribution in [0.2, 0.25) is 0 Å². The number of hydrogen-bond donors (Lipinski definition) is 1. The van der Waals surface area contributed by atoms with Crippen molar-refractivity contribution in [1.82, 2.24) is 15.1 Å². The average Bonchev–Trinajstić information content (AvgIpc) is 2.22. The number of nitrogens with zero attached hydrogens (tertiary/aromatic N) is 2. The SMILES string of the molecule is CCN(CC)CCN1CCNCC1C. The van der Waals surface area contributed by atoms with E-state index >= 15 is 0 Å². The molecule has 84 valence electrons. The van der Waals surface area contributed by atoms with Crippen LogP contribution in [0.4, 0.5) is 0 Å². The monoisotopic (exact) mass is 199 g/mol. The van der Waals surface area contributed by atoms with Crippen LogP contribution in [0.1, 0.15) is 20.8 Å². The summed E-state index contributed by atoms with van der Waals surface area (Å²) in [6.45, 7) is 15.1. The van der Waals surface area contributed by atoms with Crippen LogP contribution in [-0.4, -0.2) is 61.7 Å². The summed E-state index contributed by atoms with van der Waals surface area (Å²) in [5.41, 5.74) is 0. The topological polar surface area (TPSA) is 18.5 Å². The molecule has 0 aromatic heterocycles. The Morgan fingerprint density at radius 1 is 1.36 bits per heavy atom. The molecule has 0 aliphatic carbocycles. The highest BCUT2D eigenvalue weighted by Gasteiger charge is 2.17. The first-order chi connectivity index (χ1) is 6.77. The number of nitrogens with one attached hydrogen (secondary N) is 1. The molecule has 1 atom stereocenters. The Kier molecular flexibility index (Phi) is 5.45. The van der Waals surface area contributed by atoms with Gasteiger partial charge in [-0.1, -0.05) is 13.8 Å². The van der Waals surface area contributed by atoms with Crippen LogP contribution in [0.25, 0.3) is 0 Å². The molecule has 0 spiro atoms. The Bertz CT molecular complexity index is 145. The van der Waals surface area contributed by atoms with Gasteiger partial charge in [0.05, 0.1) is 0 Å². The minimum atomic E-state index is 0.708. The molecule has 3 nitrogen and oxygen atoms in total. The largest absolute Gasteiger partial charge is 0.314 e. The molecule has 1 aliphatic heterocycles. The van der Waals surface area contributed by atoms with Gasteiger partial charge < -0.3 is 10.2 Å². The third kappa shape index (κ3) is 3.56. The van der Waals surface area contributed by atoms with Gasteiger partial charge in [-0.3, -0.25) is 4.90 Å². The molecule has 1 unspecified atom stereocenters. The molecule has 3 heteroatoms.